The lowest BCUT2D eigenvalue weighted by Crippen LogP contribution is -2.05. The van der Waals surface area contributed by atoms with E-state index >= 15 is 0 Å². The van der Waals surface area contributed by atoms with Crippen molar-refractivity contribution in [2.24, 2.45) is 0 Å². The highest BCUT2D eigenvalue weighted by atomic mass is 16.5. The third-order valence-electron chi connectivity index (χ3n) is 3.08. The van der Waals surface area contributed by atoms with Gasteiger partial charge in [-0.2, -0.15) is 0 Å². The Kier molecular flexibility index (Phi) is 20.1. The zero-order valence-electron chi connectivity index (χ0n) is 14.6. The van der Waals surface area contributed by atoms with Gasteiger partial charge in [-0.25, -0.2) is 4.79 Å². The van der Waals surface area contributed by atoms with E-state index in [-0.39, 0.29) is 5.97 Å². The molecule has 0 N–H and O–H groups in total. The summed E-state index contributed by atoms with van der Waals surface area (Å²) in [6.07, 6.45) is 14.7. The molecule has 0 saturated heterocycles. The number of esters is 1. The van der Waals surface area contributed by atoms with E-state index in [9.17, 15) is 4.79 Å². The minimum Gasteiger partial charge on any atom is -0.462 e. The molecule has 21 heavy (non-hydrogen) atoms. The predicted molar refractivity (Wildman–Crippen MR) is 93.5 cm³/mol. The number of allylic oxidation sites excluding steroid dienone is 1. The van der Waals surface area contributed by atoms with Gasteiger partial charge in [-0.3, -0.25) is 0 Å². The molecule has 0 aromatic rings. The summed E-state index contributed by atoms with van der Waals surface area (Å²) in [4.78, 5) is 11.1. The van der Waals surface area contributed by atoms with E-state index in [1.165, 1.54) is 57.8 Å². The standard InChI is InChI=1S/C16H30O2.C3H6/c1-4-5-6-7-8-9-10-11-12-13-14-18-16(17)15(2)3;1-3-2/h2,4-14H2,1,3H3;3H,1H2,2H3. The first-order valence-corrected chi connectivity index (χ1v) is 8.49. The van der Waals surface area contributed by atoms with Crippen molar-refractivity contribution >= 4 is 5.97 Å². The van der Waals surface area contributed by atoms with Gasteiger partial charge in [0.05, 0.1) is 6.61 Å². The molecule has 0 atom stereocenters. The lowest BCUT2D eigenvalue weighted by molar-refractivity contribution is -0.139. The van der Waals surface area contributed by atoms with Gasteiger partial charge in [-0.1, -0.05) is 77.4 Å². The van der Waals surface area contributed by atoms with E-state index in [1.54, 1.807) is 13.0 Å². The largest absolute Gasteiger partial charge is 0.462 e. The molecule has 0 aliphatic heterocycles. The van der Waals surface area contributed by atoms with Gasteiger partial charge in [0.1, 0.15) is 0 Å². The number of unbranched alkanes of at least 4 members (excludes halogenated alkanes) is 9. The molecule has 0 unspecified atom stereocenters. The van der Waals surface area contributed by atoms with Crippen molar-refractivity contribution in [3.8, 4) is 0 Å². The Balaban J connectivity index is 0. The van der Waals surface area contributed by atoms with Crippen molar-refractivity contribution in [1.29, 1.82) is 0 Å². The molecule has 0 rings (SSSR count). The summed E-state index contributed by atoms with van der Waals surface area (Å²) in [5, 5.41) is 0. The molecule has 0 bridgehead atoms. The monoisotopic (exact) mass is 296 g/mol. The van der Waals surface area contributed by atoms with Crippen molar-refractivity contribution < 1.29 is 9.53 Å². The Labute approximate surface area is 132 Å². The number of hydrogen-bond donors (Lipinski definition) is 0. The van der Waals surface area contributed by atoms with Crippen LogP contribution in [0.4, 0.5) is 0 Å². The summed E-state index contributed by atoms with van der Waals surface area (Å²) in [5.74, 6) is -0.258. The molecule has 0 radical (unpaired) electrons. The van der Waals surface area contributed by atoms with E-state index < -0.39 is 0 Å². The highest BCUT2D eigenvalue weighted by molar-refractivity contribution is 5.86. The fraction of sp³-hybridized carbons (Fsp3) is 0.737. The maximum Gasteiger partial charge on any atom is 0.333 e. The van der Waals surface area contributed by atoms with Gasteiger partial charge < -0.3 is 4.74 Å². The Hall–Kier alpha value is -1.05. The molecular formula is C19H36O2. The van der Waals surface area contributed by atoms with Crippen LogP contribution in [0.1, 0.15) is 85.0 Å². The van der Waals surface area contributed by atoms with E-state index in [0.717, 1.165) is 6.42 Å². The van der Waals surface area contributed by atoms with Gasteiger partial charge in [0.25, 0.3) is 0 Å². The maximum atomic E-state index is 11.1. The predicted octanol–water partition coefficient (Wildman–Crippen LogP) is 6.22. The summed E-state index contributed by atoms with van der Waals surface area (Å²) in [6.45, 7) is 13.3. The van der Waals surface area contributed by atoms with Crippen molar-refractivity contribution in [1.82, 2.24) is 0 Å². The Bertz CT molecular complexity index is 256. The lowest BCUT2D eigenvalue weighted by Gasteiger charge is -2.04. The highest BCUT2D eigenvalue weighted by Crippen LogP contribution is 2.10. The lowest BCUT2D eigenvalue weighted by atomic mass is 10.1. The van der Waals surface area contributed by atoms with Gasteiger partial charge in [0.15, 0.2) is 0 Å². The normalized spacial score (nSPS) is 9.48. The van der Waals surface area contributed by atoms with Crippen LogP contribution in [0.25, 0.3) is 0 Å². The van der Waals surface area contributed by atoms with Gasteiger partial charge in [-0.05, 0) is 20.3 Å². The van der Waals surface area contributed by atoms with E-state index in [2.05, 4.69) is 20.1 Å². The summed E-state index contributed by atoms with van der Waals surface area (Å²) in [5.41, 5.74) is 0.488. The third-order valence-corrected chi connectivity index (χ3v) is 3.08. The quantitative estimate of drug-likeness (QED) is 0.185. The van der Waals surface area contributed by atoms with Crippen LogP contribution in [-0.4, -0.2) is 12.6 Å². The molecule has 0 aromatic heterocycles. The number of hydrogen-bond acceptors (Lipinski definition) is 2. The first kappa shape index (κ1) is 22.2. The Morgan fingerprint density at radius 3 is 1.71 bits per heavy atom. The number of ether oxygens (including phenoxy) is 1. The fourth-order valence-corrected chi connectivity index (χ4v) is 1.88. The van der Waals surface area contributed by atoms with E-state index in [1.807, 2.05) is 6.92 Å². The molecule has 0 amide bonds. The maximum absolute atomic E-state index is 11.1. The first-order valence-electron chi connectivity index (χ1n) is 8.49. The molecule has 0 aromatic carbocycles. The zero-order chi connectivity index (χ0) is 16.3. The molecular weight excluding hydrogens is 260 g/mol. The van der Waals surface area contributed by atoms with Crippen LogP contribution in [-0.2, 0) is 9.53 Å². The number of carbonyl (C=O) groups excluding carboxylic acids is 1. The van der Waals surface area contributed by atoms with E-state index in [4.69, 9.17) is 4.74 Å². The van der Waals surface area contributed by atoms with Gasteiger partial charge in [0, 0.05) is 5.57 Å². The highest BCUT2D eigenvalue weighted by Gasteiger charge is 2.01. The van der Waals surface area contributed by atoms with Crippen LogP contribution in [0.3, 0.4) is 0 Å². The molecule has 0 saturated carbocycles. The smallest absolute Gasteiger partial charge is 0.333 e. The Morgan fingerprint density at radius 2 is 1.33 bits per heavy atom. The second-order valence-electron chi connectivity index (χ2n) is 5.51. The molecule has 0 heterocycles. The summed E-state index contributed by atoms with van der Waals surface area (Å²) >= 11 is 0. The van der Waals surface area contributed by atoms with Crippen molar-refractivity contribution in [2.45, 2.75) is 85.0 Å². The number of rotatable bonds is 12. The van der Waals surface area contributed by atoms with Crippen LogP contribution in [0.2, 0.25) is 0 Å². The van der Waals surface area contributed by atoms with Crippen molar-refractivity contribution in [2.75, 3.05) is 6.61 Å². The van der Waals surface area contributed by atoms with Crippen molar-refractivity contribution in [3.05, 3.63) is 24.8 Å². The minimum absolute atomic E-state index is 0.258. The van der Waals surface area contributed by atoms with Crippen LogP contribution in [0, 0.1) is 0 Å². The molecule has 0 spiro atoms. The van der Waals surface area contributed by atoms with Gasteiger partial charge in [-0.15, -0.1) is 6.58 Å². The zero-order valence-corrected chi connectivity index (χ0v) is 14.6. The summed E-state index contributed by atoms with van der Waals surface area (Å²) < 4.78 is 5.04. The summed E-state index contributed by atoms with van der Waals surface area (Å²) in [6, 6.07) is 0. The second kappa shape index (κ2) is 18.9. The molecule has 124 valence electrons. The molecule has 2 heteroatoms. The number of carbonyl (C=O) groups is 1. The van der Waals surface area contributed by atoms with Crippen LogP contribution in [0.5, 0.6) is 0 Å². The van der Waals surface area contributed by atoms with E-state index in [0.29, 0.717) is 12.2 Å². The molecule has 0 aliphatic carbocycles. The van der Waals surface area contributed by atoms with Crippen LogP contribution < -0.4 is 0 Å². The SMILES string of the molecule is C=C(C)C(=O)OCCCCCCCCCCCC.C=CC. The second-order valence-corrected chi connectivity index (χ2v) is 5.51. The van der Waals surface area contributed by atoms with Gasteiger partial charge >= 0.3 is 5.97 Å². The molecule has 0 fully saturated rings. The first-order chi connectivity index (χ1) is 10.1. The molecule has 0 aliphatic rings. The Morgan fingerprint density at radius 1 is 0.952 bits per heavy atom. The fourth-order valence-electron chi connectivity index (χ4n) is 1.88. The van der Waals surface area contributed by atoms with Crippen LogP contribution in [0.15, 0.2) is 24.8 Å². The topological polar surface area (TPSA) is 26.3 Å². The van der Waals surface area contributed by atoms with Crippen LogP contribution >= 0.6 is 0 Å². The third kappa shape index (κ3) is 21.4. The average molecular weight is 296 g/mol. The summed E-state index contributed by atoms with van der Waals surface area (Å²) in [7, 11) is 0. The average Bonchev–Trinajstić information content (AvgIpc) is 2.45. The van der Waals surface area contributed by atoms with Crippen molar-refractivity contribution in [3.63, 3.8) is 0 Å². The minimum atomic E-state index is -0.258. The van der Waals surface area contributed by atoms with Gasteiger partial charge in [0.2, 0.25) is 0 Å². The molecule has 2 nitrogen and oxygen atoms in total.